The van der Waals surface area contributed by atoms with Gasteiger partial charge < -0.3 is 13.8 Å². The van der Waals surface area contributed by atoms with Gasteiger partial charge in [0.2, 0.25) is 5.91 Å². The standard InChI is InChI=1S/C17H21N3O3/c1-12-9-13(23-18-12)11-19-4-6-20(7-5-19)17(21)15-10-14(15)16-3-2-8-22-16/h2-3,8-9,14-15H,4-7,10-11H2,1H3/t14-,15-/m1/s1. The Kier molecular flexibility index (Phi) is 3.69. The van der Waals surface area contributed by atoms with E-state index < -0.39 is 0 Å². The van der Waals surface area contributed by atoms with E-state index in [4.69, 9.17) is 8.94 Å². The molecule has 0 bridgehead atoms. The number of piperazine rings is 1. The number of amides is 1. The highest BCUT2D eigenvalue weighted by atomic mass is 16.5. The van der Waals surface area contributed by atoms with E-state index in [9.17, 15) is 4.79 Å². The Balaban J connectivity index is 1.27. The zero-order valence-electron chi connectivity index (χ0n) is 13.3. The van der Waals surface area contributed by atoms with Crippen molar-refractivity contribution in [2.45, 2.75) is 25.8 Å². The van der Waals surface area contributed by atoms with Crippen LogP contribution in [-0.2, 0) is 11.3 Å². The van der Waals surface area contributed by atoms with Crippen LogP contribution < -0.4 is 0 Å². The average molecular weight is 315 g/mol. The summed E-state index contributed by atoms with van der Waals surface area (Å²) in [5.74, 6) is 2.52. The predicted octanol–water partition coefficient (Wildman–Crippen LogP) is 2.02. The second-order valence-corrected chi connectivity index (χ2v) is 6.50. The second kappa shape index (κ2) is 5.85. The van der Waals surface area contributed by atoms with Gasteiger partial charge in [-0.15, -0.1) is 0 Å². The highest BCUT2D eigenvalue weighted by molar-refractivity contribution is 5.83. The maximum atomic E-state index is 12.6. The van der Waals surface area contributed by atoms with Crippen molar-refractivity contribution in [2.75, 3.05) is 26.2 Å². The van der Waals surface area contributed by atoms with Gasteiger partial charge in [-0.25, -0.2) is 0 Å². The van der Waals surface area contributed by atoms with Crippen LogP contribution in [0.25, 0.3) is 0 Å². The van der Waals surface area contributed by atoms with Gasteiger partial charge in [-0.05, 0) is 25.5 Å². The Labute approximate surface area is 135 Å². The molecule has 1 amide bonds. The normalized spacial score (nSPS) is 24.8. The van der Waals surface area contributed by atoms with E-state index in [-0.39, 0.29) is 17.7 Å². The average Bonchev–Trinajstić information content (AvgIpc) is 2.96. The molecule has 1 saturated heterocycles. The Bertz CT molecular complexity index is 671. The molecule has 2 aliphatic rings. The molecule has 2 fully saturated rings. The minimum Gasteiger partial charge on any atom is -0.469 e. The minimum atomic E-state index is 0.115. The molecule has 122 valence electrons. The smallest absolute Gasteiger partial charge is 0.226 e. The molecule has 2 aromatic heterocycles. The molecule has 6 heteroatoms. The number of carbonyl (C=O) groups excluding carboxylic acids is 1. The predicted molar refractivity (Wildman–Crippen MR) is 82.7 cm³/mol. The monoisotopic (exact) mass is 315 g/mol. The van der Waals surface area contributed by atoms with Crippen LogP contribution in [0.4, 0.5) is 0 Å². The Morgan fingerprint density at radius 1 is 1.35 bits per heavy atom. The number of hydrogen-bond donors (Lipinski definition) is 0. The number of carbonyl (C=O) groups is 1. The van der Waals surface area contributed by atoms with Crippen molar-refractivity contribution in [3.63, 3.8) is 0 Å². The molecule has 0 aromatic carbocycles. The van der Waals surface area contributed by atoms with Gasteiger partial charge in [-0.2, -0.15) is 0 Å². The fraction of sp³-hybridized carbons (Fsp3) is 0.529. The SMILES string of the molecule is Cc1cc(CN2CCN(C(=O)[C@@H]3C[C@H]3c3ccco3)CC2)on1. The minimum absolute atomic E-state index is 0.115. The zero-order valence-corrected chi connectivity index (χ0v) is 13.3. The Hall–Kier alpha value is -2.08. The van der Waals surface area contributed by atoms with Crippen molar-refractivity contribution >= 4 is 5.91 Å². The van der Waals surface area contributed by atoms with Crippen LogP contribution in [-0.4, -0.2) is 47.0 Å². The second-order valence-electron chi connectivity index (χ2n) is 6.50. The van der Waals surface area contributed by atoms with Crippen LogP contribution in [0.2, 0.25) is 0 Å². The summed E-state index contributed by atoms with van der Waals surface area (Å²) >= 11 is 0. The van der Waals surface area contributed by atoms with Gasteiger partial charge in [0.1, 0.15) is 5.76 Å². The summed E-state index contributed by atoms with van der Waals surface area (Å²) < 4.78 is 10.7. The molecule has 0 N–H and O–H groups in total. The molecule has 2 atom stereocenters. The lowest BCUT2D eigenvalue weighted by atomic mass is 10.2. The highest BCUT2D eigenvalue weighted by Gasteiger charge is 2.47. The molecular formula is C17H21N3O3. The maximum absolute atomic E-state index is 12.6. The summed E-state index contributed by atoms with van der Waals surface area (Å²) in [4.78, 5) is 16.9. The summed E-state index contributed by atoms with van der Waals surface area (Å²) in [6.07, 6.45) is 2.60. The van der Waals surface area contributed by atoms with Gasteiger partial charge in [-0.3, -0.25) is 9.69 Å². The van der Waals surface area contributed by atoms with Crippen LogP contribution in [0.15, 0.2) is 33.4 Å². The Morgan fingerprint density at radius 2 is 2.17 bits per heavy atom. The van der Waals surface area contributed by atoms with E-state index in [1.807, 2.05) is 30.0 Å². The van der Waals surface area contributed by atoms with E-state index in [2.05, 4.69) is 10.1 Å². The lowest BCUT2D eigenvalue weighted by Gasteiger charge is -2.34. The first-order chi connectivity index (χ1) is 11.2. The molecule has 0 radical (unpaired) electrons. The number of rotatable bonds is 4. The van der Waals surface area contributed by atoms with Gasteiger partial charge in [0.25, 0.3) is 0 Å². The molecule has 4 rings (SSSR count). The van der Waals surface area contributed by atoms with E-state index in [1.54, 1.807) is 6.26 Å². The van der Waals surface area contributed by atoms with Gasteiger partial charge in [0.05, 0.1) is 18.5 Å². The van der Waals surface area contributed by atoms with Crippen molar-refractivity contribution in [1.29, 1.82) is 0 Å². The number of nitrogens with zero attached hydrogens (tertiary/aromatic N) is 3. The van der Waals surface area contributed by atoms with E-state index in [0.29, 0.717) is 0 Å². The van der Waals surface area contributed by atoms with Crippen LogP contribution in [0.3, 0.4) is 0 Å². The molecule has 1 aliphatic carbocycles. The number of aromatic nitrogens is 1. The van der Waals surface area contributed by atoms with Gasteiger partial charge in [-0.1, -0.05) is 5.16 Å². The summed E-state index contributed by atoms with van der Waals surface area (Å²) in [7, 11) is 0. The van der Waals surface area contributed by atoms with Crippen LogP contribution in [0, 0.1) is 12.8 Å². The van der Waals surface area contributed by atoms with Crippen molar-refractivity contribution in [2.24, 2.45) is 5.92 Å². The summed E-state index contributed by atoms with van der Waals surface area (Å²) in [6.45, 7) is 6.02. The first-order valence-electron chi connectivity index (χ1n) is 8.17. The first kappa shape index (κ1) is 14.5. The van der Waals surface area contributed by atoms with Crippen molar-refractivity contribution < 1.29 is 13.7 Å². The van der Waals surface area contributed by atoms with Crippen molar-refractivity contribution in [3.8, 4) is 0 Å². The van der Waals surface area contributed by atoms with Gasteiger partial charge >= 0.3 is 0 Å². The summed E-state index contributed by atoms with van der Waals surface area (Å²) in [5.41, 5.74) is 0.909. The number of furan rings is 1. The topological polar surface area (TPSA) is 62.7 Å². The quantitative estimate of drug-likeness (QED) is 0.864. The molecule has 0 spiro atoms. The van der Waals surface area contributed by atoms with Gasteiger partial charge in [0.15, 0.2) is 5.76 Å². The molecular weight excluding hydrogens is 294 g/mol. The fourth-order valence-corrected chi connectivity index (χ4v) is 3.36. The molecule has 2 aromatic rings. The first-order valence-corrected chi connectivity index (χ1v) is 8.17. The van der Waals surface area contributed by atoms with Crippen molar-refractivity contribution in [1.82, 2.24) is 15.0 Å². The molecule has 1 aliphatic heterocycles. The van der Waals surface area contributed by atoms with Crippen LogP contribution in [0.5, 0.6) is 0 Å². The van der Waals surface area contributed by atoms with Crippen LogP contribution in [0.1, 0.15) is 29.6 Å². The number of aryl methyl sites for hydroxylation is 1. The summed E-state index contributed by atoms with van der Waals surface area (Å²) in [6, 6.07) is 5.82. The maximum Gasteiger partial charge on any atom is 0.226 e. The fourth-order valence-electron chi connectivity index (χ4n) is 3.36. The van der Waals surface area contributed by atoms with Gasteiger partial charge in [0, 0.05) is 44.1 Å². The Morgan fingerprint density at radius 3 is 2.83 bits per heavy atom. The third kappa shape index (κ3) is 3.03. The third-order valence-electron chi connectivity index (χ3n) is 4.76. The van der Waals surface area contributed by atoms with E-state index >= 15 is 0 Å². The number of hydrogen-bond acceptors (Lipinski definition) is 5. The lowest BCUT2D eigenvalue weighted by molar-refractivity contribution is -0.134. The molecule has 0 unspecified atom stereocenters. The van der Waals surface area contributed by atoms with E-state index in [1.165, 1.54) is 0 Å². The molecule has 23 heavy (non-hydrogen) atoms. The largest absolute Gasteiger partial charge is 0.469 e. The molecule has 1 saturated carbocycles. The van der Waals surface area contributed by atoms with Crippen LogP contribution >= 0.6 is 0 Å². The zero-order chi connectivity index (χ0) is 15.8. The third-order valence-corrected chi connectivity index (χ3v) is 4.76. The van der Waals surface area contributed by atoms with E-state index in [0.717, 1.165) is 56.4 Å². The van der Waals surface area contributed by atoms with Crippen molar-refractivity contribution in [3.05, 3.63) is 41.7 Å². The summed E-state index contributed by atoms with van der Waals surface area (Å²) in [5, 5.41) is 3.91. The lowest BCUT2D eigenvalue weighted by Crippen LogP contribution is -2.48. The molecule has 6 nitrogen and oxygen atoms in total. The molecule has 3 heterocycles. The highest BCUT2D eigenvalue weighted by Crippen LogP contribution is 2.48.